The molecule has 9 rings (SSSR count). The highest BCUT2D eigenvalue weighted by atomic mass is 15.5. The van der Waals surface area contributed by atoms with Gasteiger partial charge in [0.2, 0.25) is 0 Å². The average molecular weight is 943 g/mol. The quantitative estimate of drug-likeness (QED) is 0.169. The zero-order valence-electron chi connectivity index (χ0n) is 47.3. The Hall–Kier alpha value is -6.30. The number of anilines is 9. The Balaban J connectivity index is 0.000000466. The fourth-order valence-corrected chi connectivity index (χ4v) is 7.83. The van der Waals surface area contributed by atoms with E-state index < -0.39 is 0 Å². The molecule has 3 atom stereocenters. The summed E-state index contributed by atoms with van der Waals surface area (Å²) in [6.07, 6.45) is 11.2. The van der Waals surface area contributed by atoms with Gasteiger partial charge in [0, 0.05) is 50.6 Å². The van der Waals surface area contributed by atoms with E-state index in [2.05, 4.69) is 197 Å². The van der Waals surface area contributed by atoms with Gasteiger partial charge in [0.05, 0.1) is 12.4 Å². The number of aromatic nitrogens is 6. The Morgan fingerprint density at radius 3 is 1.13 bits per heavy atom. The predicted molar refractivity (Wildman–Crippen MR) is 302 cm³/mol. The zero-order chi connectivity index (χ0) is 52.7. The maximum Gasteiger partial charge on any atom is 0.178 e. The molecule has 6 heterocycles. The molecule has 0 aliphatic carbocycles. The largest absolute Gasteiger partial charge is 0.350 e. The molecule has 0 N–H and O–H groups in total. The standard InChI is InChI=1S/3C15H18N4.6C2H6/c1-10-6-5-7-13(11(10)2)19-12(3)18(4)15-14(19)8-16-9-17-15;1-10-6-5-7-13(11(10)2)19-12(3)18(4)14-8-16-9-17-15(14)19;1-10-6-5-7-13(11(10)2)19-12(3)18(4)14-15(19)17-9-8-16-14;6*1-2/h3*5-9,12H,1-4H3;6*1-2H3/t3*12-;;;;;;/m000....../s1. The number of fused-ring (bicyclic) bond motifs is 3. The van der Waals surface area contributed by atoms with Crippen LogP contribution in [0.1, 0.15) is 137 Å². The van der Waals surface area contributed by atoms with Gasteiger partial charge in [-0.1, -0.05) is 119 Å². The summed E-state index contributed by atoms with van der Waals surface area (Å²) < 4.78 is 0. The fraction of sp³-hybridized carbons (Fsp3) is 0.474. The fourth-order valence-electron chi connectivity index (χ4n) is 7.83. The van der Waals surface area contributed by atoms with E-state index in [1.54, 1.807) is 25.0 Å². The van der Waals surface area contributed by atoms with Crippen LogP contribution in [0.2, 0.25) is 0 Å². The molecule has 69 heavy (non-hydrogen) atoms. The monoisotopic (exact) mass is 943 g/mol. The summed E-state index contributed by atoms with van der Waals surface area (Å²) in [5.41, 5.74) is 13.6. The van der Waals surface area contributed by atoms with E-state index >= 15 is 0 Å². The maximum atomic E-state index is 4.51. The molecule has 0 saturated heterocycles. The van der Waals surface area contributed by atoms with Gasteiger partial charge in [0.1, 0.15) is 42.5 Å². The molecule has 12 nitrogen and oxygen atoms in total. The molecule has 6 aromatic rings. The van der Waals surface area contributed by atoms with Gasteiger partial charge >= 0.3 is 0 Å². The van der Waals surface area contributed by atoms with Gasteiger partial charge in [-0.15, -0.1) is 0 Å². The number of hydrogen-bond donors (Lipinski definition) is 0. The second-order valence-corrected chi connectivity index (χ2v) is 15.2. The van der Waals surface area contributed by atoms with Crippen LogP contribution in [0.5, 0.6) is 0 Å². The first kappa shape index (κ1) is 60.7. The molecule has 3 aromatic heterocycles. The third kappa shape index (κ3) is 13.3. The molecular weight excluding hydrogens is 853 g/mol. The second kappa shape index (κ2) is 30.2. The summed E-state index contributed by atoms with van der Waals surface area (Å²) in [7, 11) is 6.21. The molecule has 0 radical (unpaired) electrons. The van der Waals surface area contributed by atoms with Crippen molar-refractivity contribution >= 4 is 51.7 Å². The second-order valence-electron chi connectivity index (χ2n) is 15.2. The van der Waals surface area contributed by atoms with E-state index in [9.17, 15) is 0 Å². The van der Waals surface area contributed by atoms with Crippen molar-refractivity contribution in [3.05, 3.63) is 125 Å². The van der Waals surface area contributed by atoms with Gasteiger partial charge in [-0.25, -0.2) is 29.9 Å². The molecule has 0 fully saturated rings. The van der Waals surface area contributed by atoms with Crippen LogP contribution >= 0.6 is 0 Å². The summed E-state index contributed by atoms with van der Waals surface area (Å²) in [6.45, 7) is 43.5. The van der Waals surface area contributed by atoms with Crippen molar-refractivity contribution in [2.45, 2.75) is 164 Å². The molecule has 3 aliphatic heterocycles. The minimum absolute atomic E-state index is 0.220. The summed E-state index contributed by atoms with van der Waals surface area (Å²) in [4.78, 5) is 39.5. The third-order valence-electron chi connectivity index (χ3n) is 12.1. The molecule has 12 heteroatoms. The molecule has 0 amide bonds. The van der Waals surface area contributed by atoms with Crippen molar-refractivity contribution in [1.82, 2.24) is 29.9 Å². The van der Waals surface area contributed by atoms with Gasteiger partial charge in [0.15, 0.2) is 23.3 Å². The first-order valence-corrected chi connectivity index (χ1v) is 25.5. The highest BCUT2D eigenvalue weighted by Crippen LogP contribution is 2.44. The lowest BCUT2D eigenvalue weighted by molar-refractivity contribution is 0.725. The first-order chi connectivity index (χ1) is 33.3. The van der Waals surface area contributed by atoms with Crippen molar-refractivity contribution in [3.63, 3.8) is 0 Å². The molecule has 0 unspecified atom stereocenters. The van der Waals surface area contributed by atoms with Crippen molar-refractivity contribution in [2.24, 2.45) is 0 Å². The Morgan fingerprint density at radius 2 is 0.681 bits per heavy atom. The van der Waals surface area contributed by atoms with Crippen LogP contribution in [0.25, 0.3) is 0 Å². The van der Waals surface area contributed by atoms with Crippen LogP contribution < -0.4 is 29.4 Å². The van der Waals surface area contributed by atoms with E-state index in [-0.39, 0.29) is 18.5 Å². The van der Waals surface area contributed by atoms with E-state index in [0.717, 1.165) is 34.6 Å². The van der Waals surface area contributed by atoms with Crippen molar-refractivity contribution in [3.8, 4) is 0 Å². The van der Waals surface area contributed by atoms with Gasteiger partial charge in [0.25, 0.3) is 0 Å². The van der Waals surface area contributed by atoms with Crippen LogP contribution in [0.4, 0.5) is 51.7 Å². The number of benzene rings is 3. The van der Waals surface area contributed by atoms with Crippen molar-refractivity contribution < 1.29 is 0 Å². The molecular formula is C57H90N12. The van der Waals surface area contributed by atoms with Crippen molar-refractivity contribution in [2.75, 3.05) is 50.5 Å². The smallest absolute Gasteiger partial charge is 0.178 e. The van der Waals surface area contributed by atoms with E-state index in [4.69, 9.17) is 0 Å². The normalized spacial score (nSPS) is 15.2. The summed E-state index contributed by atoms with van der Waals surface area (Å²) >= 11 is 0. The van der Waals surface area contributed by atoms with Crippen molar-refractivity contribution in [1.29, 1.82) is 0 Å². The van der Waals surface area contributed by atoms with E-state index in [1.807, 2.05) is 95.5 Å². The third-order valence-corrected chi connectivity index (χ3v) is 12.1. The van der Waals surface area contributed by atoms with Gasteiger partial charge in [-0.2, -0.15) is 0 Å². The first-order valence-electron chi connectivity index (χ1n) is 25.5. The SMILES string of the molecule is CC.CC.CC.CC.CC.CC.Cc1cccc(N2c3cncnc3N(C)[C@@H]2C)c1C.Cc1cccc(N2c3nccnc3N(C)[C@@H]2C)c1C.Cc1cccc(N2c3ncncc3N(C)[C@@H]2C)c1C. The Bertz CT molecular complexity index is 2140. The topological polar surface area (TPSA) is 96.8 Å². The number of aryl methyl sites for hydroxylation is 3. The van der Waals surface area contributed by atoms with E-state index in [1.165, 1.54) is 50.4 Å². The molecule has 0 bridgehead atoms. The molecule has 3 aromatic carbocycles. The lowest BCUT2D eigenvalue weighted by Gasteiger charge is -2.28. The number of nitrogens with zero attached hydrogens (tertiary/aromatic N) is 12. The summed E-state index contributed by atoms with van der Waals surface area (Å²) in [5, 5.41) is 0. The van der Waals surface area contributed by atoms with Crippen LogP contribution in [0.3, 0.4) is 0 Å². The molecule has 0 spiro atoms. The van der Waals surface area contributed by atoms with Gasteiger partial charge < -0.3 is 29.4 Å². The predicted octanol–water partition coefficient (Wildman–Crippen LogP) is 15.2. The number of hydrogen-bond acceptors (Lipinski definition) is 12. The lowest BCUT2D eigenvalue weighted by atomic mass is 10.1. The van der Waals surface area contributed by atoms with Gasteiger partial charge in [-0.3, -0.25) is 0 Å². The summed E-state index contributed by atoms with van der Waals surface area (Å²) in [5.74, 6) is 3.85. The van der Waals surface area contributed by atoms with Crippen LogP contribution in [0.15, 0.2) is 92.0 Å². The Morgan fingerprint density at radius 1 is 0.348 bits per heavy atom. The van der Waals surface area contributed by atoms with E-state index in [0.29, 0.717) is 0 Å². The minimum Gasteiger partial charge on any atom is -0.350 e. The van der Waals surface area contributed by atoms with Gasteiger partial charge in [-0.05, 0) is 114 Å². The average Bonchev–Trinajstić information content (AvgIpc) is 3.92. The zero-order valence-corrected chi connectivity index (χ0v) is 47.3. The van der Waals surface area contributed by atoms with Crippen LogP contribution in [-0.4, -0.2) is 69.5 Å². The molecule has 378 valence electrons. The summed E-state index contributed by atoms with van der Waals surface area (Å²) in [6, 6.07) is 19.2. The van der Waals surface area contributed by atoms with Crippen LogP contribution in [-0.2, 0) is 0 Å². The van der Waals surface area contributed by atoms with Crippen LogP contribution in [0, 0.1) is 41.5 Å². The molecule has 0 saturated carbocycles. The number of rotatable bonds is 3. The highest BCUT2D eigenvalue weighted by Gasteiger charge is 2.36. The Labute approximate surface area is 419 Å². The minimum atomic E-state index is 0.220. The highest BCUT2D eigenvalue weighted by molar-refractivity contribution is 5.83. The maximum absolute atomic E-state index is 4.51. The Kier molecular flexibility index (Phi) is 26.6. The molecule has 3 aliphatic rings. The lowest BCUT2D eigenvalue weighted by Crippen LogP contribution is -2.36.